The normalized spacial score (nSPS) is 58.1. The second kappa shape index (κ2) is 2.13. The summed E-state index contributed by atoms with van der Waals surface area (Å²) in [4.78, 5) is 12.3. The van der Waals surface area contributed by atoms with Crippen molar-refractivity contribution in [1.29, 1.82) is 0 Å². The molecule has 3 unspecified atom stereocenters. The summed E-state index contributed by atoms with van der Waals surface area (Å²) in [5.74, 6) is 1.56. The molecule has 2 heterocycles. The lowest BCUT2D eigenvalue weighted by molar-refractivity contribution is -0.134. The Morgan fingerprint density at radius 3 is 2.86 bits per heavy atom. The summed E-state index contributed by atoms with van der Waals surface area (Å²) in [6.45, 7) is 0. The molecule has 74 valence electrons. The van der Waals surface area contributed by atoms with Crippen LogP contribution < -0.4 is 0 Å². The number of rotatable bonds is 0. The number of fused-ring (bicyclic) bond motifs is 6. The Morgan fingerprint density at radius 2 is 2.29 bits per heavy atom. The standard InChI is InChI=1S/C12H14O2/c13-11-7-1-2-8(5-7)12(11)6-9-3-4-10(12)14-9/h3-4,7-10H,1-2,5-6H2/t7?,8?,9-,10+,12?/m0/s1. The van der Waals surface area contributed by atoms with Crippen molar-refractivity contribution in [2.75, 3.05) is 0 Å². The molecule has 0 N–H and O–H groups in total. The van der Waals surface area contributed by atoms with Crippen molar-refractivity contribution in [2.24, 2.45) is 17.3 Å². The molecule has 0 aromatic carbocycles. The minimum atomic E-state index is -0.0671. The molecule has 2 aliphatic carbocycles. The van der Waals surface area contributed by atoms with Crippen LogP contribution >= 0.6 is 0 Å². The van der Waals surface area contributed by atoms with E-state index >= 15 is 0 Å². The van der Waals surface area contributed by atoms with Crippen LogP contribution in [0.2, 0.25) is 0 Å². The van der Waals surface area contributed by atoms with Gasteiger partial charge in [-0.25, -0.2) is 0 Å². The molecule has 4 bridgehead atoms. The Kier molecular flexibility index (Phi) is 1.16. The van der Waals surface area contributed by atoms with Crippen molar-refractivity contribution in [3.05, 3.63) is 12.2 Å². The molecule has 0 amide bonds. The molecule has 0 aromatic rings. The molecule has 3 fully saturated rings. The highest BCUT2D eigenvalue weighted by Gasteiger charge is 2.65. The summed E-state index contributed by atoms with van der Waals surface area (Å²) in [5.41, 5.74) is -0.0671. The molecule has 2 heteroatoms. The van der Waals surface area contributed by atoms with Crippen LogP contribution in [0.1, 0.15) is 25.7 Å². The first-order valence-corrected chi connectivity index (χ1v) is 5.69. The van der Waals surface area contributed by atoms with Crippen LogP contribution in [0.4, 0.5) is 0 Å². The second-order valence-electron chi connectivity index (χ2n) is 5.30. The highest BCUT2D eigenvalue weighted by Crippen LogP contribution is 2.62. The van der Waals surface area contributed by atoms with E-state index in [0.717, 1.165) is 19.3 Å². The highest BCUT2D eigenvalue weighted by molar-refractivity contribution is 5.92. The molecule has 5 atom stereocenters. The summed E-state index contributed by atoms with van der Waals surface area (Å²) in [5, 5.41) is 0. The monoisotopic (exact) mass is 190 g/mol. The summed E-state index contributed by atoms with van der Waals surface area (Å²) < 4.78 is 5.80. The number of carbonyl (C=O) groups is 1. The van der Waals surface area contributed by atoms with Crippen LogP contribution in [-0.4, -0.2) is 18.0 Å². The van der Waals surface area contributed by atoms with Crippen LogP contribution in [0.5, 0.6) is 0 Å². The molecule has 4 rings (SSSR count). The molecule has 0 aromatic heterocycles. The smallest absolute Gasteiger partial charge is 0.145 e. The third kappa shape index (κ3) is 0.621. The quantitative estimate of drug-likeness (QED) is 0.543. The maximum Gasteiger partial charge on any atom is 0.145 e. The van der Waals surface area contributed by atoms with Crippen molar-refractivity contribution in [1.82, 2.24) is 0 Å². The summed E-state index contributed by atoms with van der Waals surface area (Å²) >= 11 is 0. The Hall–Kier alpha value is -0.630. The minimum absolute atomic E-state index is 0.0671. The van der Waals surface area contributed by atoms with E-state index in [4.69, 9.17) is 4.74 Å². The van der Waals surface area contributed by atoms with E-state index < -0.39 is 0 Å². The van der Waals surface area contributed by atoms with Gasteiger partial charge in [0, 0.05) is 5.92 Å². The van der Waals surface area contributed by atoms with Gasteiger partial charge in [-0.1, -0.05) is 12.2 Å². The van der Waals surface area contributed by atoms with E-state index in [9.17, 15) is 4.79 Å². The SMILES string of the molecule is O=C1C2CCC(C2)C12C[C@@H]1C=C[C@H]2O1. The van der Waals surface area contributed by atoms with E-state index in [1.807, 2.05) is 0 Å². The number of carbonyl (C=O) groups excluding carboxylic acids is 1. The van der Waals surface area contributed by atoms with Gasteiger partial charge in [0.2, 0.25) is 0 Å². The lowest BCUT2D eigenvalue weighted by Gasteiger charge is -2.35. The Balaban J connectivity index is 1.84. The van der Waals surface area contributed by atoms with Gasteiger partial charge in [0.15, 0.2) is 0 Å². The van der Waals surface area contributed by atoms with Crippen LogP contribution in [0.15, 0.2) is 12.2 Å². The van der Waals surface area contributed by atoms with E-state index in [1.165, 1.54) is 6.42 Å². The van der Waals surface area contributed by atoms with Crippen LogP contribution in [0.3, 0.4) is 0 Å². The topological polar surface area (TPSA) is 26.3 Å². The van der Waals surface area contributed by atoms with E-state index in [1.54, 1.807) is 0 Å². The maximum atomic E-state index is 12.3. The third-order valence-corrected chi connectivity index (χ3v) is 4.86. The Morgan fingerprint density at radius 1 is 1.36 bits per heavy atom. The Bertz CT molecular complexity index is 346. The van der Waals surface area contributed by atoms with Gasteiger partial charge >= 0.3 is 0 Å². The van der Waals surface area contributed by atoms with Gasteiger partial charge in [-0.2, -0.15) is 0 Å². The first kappa shape index (κ1) is 7.63. The fraction of sp³-hybridized carbons (Fsp3) is 0.750. The first-order valence-electron chi connectivity index (χ1n) is 5.69. The van der Waals surface area contributed by atoms with Gasteiger partial charge in [-0.3, -0.25) is 4.79 Å². The molecule has 4 aliphatic rings. The fourth-order valence-corrected chi connectivity index (χ4v) is 4.27. The zero-order valence-corrected chi connectivity index (χ0v) is 8.11. The van der Waals surface area contributed by atoms with E-state index in [0.29, 0.717) is 17.6 Å². The molecule has 2 nitrogen and oxygen atoms in total. The third-order valence-electron chi connectivity index (χ3n) is 4.86. The van der Waals surface area contributed by atoms with Crippen LogP contribution in [0.25, 0.3) is 0 Å². The van der Waals surface area contributed by atoms with Gasteiger partial charge in [-0.15, -0.1) is 0 Å². The molecule has 0 radical (unpaired) electrons. The van der Waals surface area contributed by atoms with Gasteiger partial charge in [0.1, 0.15) is 5.78 Å². The fourth-order valence-electron chi connectivity index (χ4n) is 4.27. The zero-order valence-electron chi connectivity index (χ0n) is 8.11. The van der Waals surface area contributed by atoms with Gasteiger partial charge in [-0.05, 0) is 31.6 Å². The zero-order chi connectivity index (χ0) is 9.34. The molecule has 2 saturated carbocycles. The van der Waals surface area contributed by atoms with E-state index in [-0.39, 0.29) is 17.6 Å². The molecule has 14 heavy (non-hydrogen) atoms. The second-order valence-corrected chi connectivity index (χ2v) is 5.30. The summed E-state index contributed by atoms with van der Waals surface area (Å²) in [7, 11) is 0. The van der Waals surface area contributed by atoms with Crippen molar-refractivity contribution in [2.45, 2.75) is 37.9 Å². The maximum absolute atomic E-state index is 12.3. The average molecular weight is 190 g/mol. The lowest BCUT2D eigenvalue weighted by atomic mass is 9.65. The molecular weight excluding hydrogens is 176 g/mol. The predicted octanol–water partition coefficient (Wildman–Crippen LogP) is 1.70. The summed E-state index contributed by atoms with van der Waals surface area (Å²) in [6, 6.07) is 0. The predicted molar refractivity (Wildman–Crippen MR) is 50.7 cm³/mol. The van der Waals surface area contributed by atoms with Gasteiger partial charge in [0.25, 0.3) is 0 Å². The molecule has 1 saturated heterocycles. The number of Topliss-reactive ketones (excluding diaryl/α,β-unsaturated/α-hetero) is 1. The van der Waals surface area contributed by atoms with Gasteiger partial charge < -0.3 is 4.74 Å². The highest BCUT2D eigenvalue weighted by atomic mass is 16.5. The minimum Gasteiger partial charge on any atom is -0.366 e. The molecular formula is C12H14O2. The number of hydrogen-bond donors (Lipinski definition) is 0. The lowest BCUT2D eigenvalue weighted by Crippen LogP contribution is -2.43. The average Bonchev–Trinajstić information content (AvgIpc) is 2.91. The van der Waals surface area contributed by atoms with E-state index in [2.05, 4.69) is 12.2 Å². The number of hydrogen-bond acceptors (Lipinski definition) is 2. The Labute approximate surface area is 83.3 Å². The number of ether oxygens (including phenoxy) is 1. The van der Waals surface area contributed by atoms with Crippen molar-refractivity contribution in [3.8, 4) is 0 Å². The van der Waals surface area contributed by atoms with Crippen LogP contribution in [-0.2, 0) is 9.53 Å². The van der Waals surface area contributed by atoms with Crippen LogP contribution in [0, 0.1) is 17.3 Å². The number of ketones is 1. The van der Waals surface area contributed by atoms with Gasteiger partial charge in [0.05, 0.1) is 17.6 Å². The molecule has 2 aliphatic heterocycles. The molecule has 1 spiro atoms. The van der Waals surface area contributed by atoms with Crippen molar-refractivity contribution < 1.29 is 9.53 Å². The first-order chi connectivity index (χ1) is 6.80. The summed E-state index contributed by atoms with van der Waals surface area (Å²) in [6.07, 6.45) is 9.19. The van der Waals surface area contributed by atoms with Crippen molar-refractivity contribution >= 4 is 5.78 Å². The van der Waals surface area contributed by atoms with Crippen molar-refractivity contribution in [3.63, 3.8) is 0 Å². The largest absolute Gasteiger partial charge is 0.366 e.